The number of benzene rings is 1. The van der Waals surface area contributed by atoms with Gasteiger partial charge in [0.2, 0.25) is 0 Å². The second kappa shape index (κ2) is 9.26. The van der Waals surface area contributed by atoms with Crippen LogP contribution in [0.25, 0.3) is 0 Å². The first-order valence-electron chi connectivity index (χ1n) is 8.95. The van der Waals surface area contributed by atoms with Crippen molar-refractivity contribution in [3.8, 4) is 11.5 Å². The SMILES string of the molecule is COc1ccc(CCNC(=O)COC(=O)CN2C(=O)NC(C)(C)C2=O)cc1OC. The Bertz CT molecular complexity index is 807. The zero-order valence-electron chi connectivity index (χ0n) is 16.9. The molecule has 10 nitrogen and oxygen atoms in total. The van der Waals surface area contributed by atoms with Gasteiger partial charge < -0.3 is 24.8 Å². The fourth-order valence-electron chi connectivity index (χ4n) is 2.72. The van der Waals surface area contributed by atoms with Gasteiger partial charge in [0.05, 0.1) is 14.2 Å². The maximum atomic E-state index is 12.0. The van der Waals surface area contributed by atoms with Crippen LogP contribution in [0.15, 0.2) is 18.2 Å². The highest BCUT2D eigenvalue weighted by Crippen LogP contribution is 2.27. The van der Waals surface area contributed by atoms with Crippen LogP contribution in [0.1, 0.15) is 19.4 Å². The summed E-state index contributed by atoms with van der Waals surface area (Å²) in [7, 11) is 3.09. The number of imide groups is 1. The molecule has 0 saturated carbocycles. The van der Waals surface area contributed by atoms with Crippen molar-refractivity contribution in [2.75, 3.05) is 33.9 Å². The molecule has 0 bridgehead atoms. The molecular weight excluding hydrogens is 382 g/mol. The van der Waals surface area contributed by atoms with Gasteiger partial charge in [-0.05, 0) is 38.0 Å². The molecule has 0 radical (unpaired) electrons. The summed E-state index contributed by atoms with van der Waals surface area (Å²) in [5, 5.41) is 5.08. The lowest BCUT2D eigenvalue weighted by atomic mass is 10.1. The first-order valence-corrected chi connectivity index (χ1v) is 8.95. The van der Waals surface area contributed by atoms with Gasteiger partial charge in [-0.1, -0.05) is 6.07 Å². The Kier molecular flexibility index (Phi) is 7.03. The van der Waals surface area contributed by atoms with E-state index in [2.05, 4.69) is 10.6 Å². The average molecular weight is 407 g/mol. The molecule has 0 atom stereocenters. The third-order valence-corrected chi connectivity index (χ3v) is 4.28. The van der Waals surface area contributed by atoms with Gasteiger partial charge in [0.1, 0.15) is 12.1 Å². The molecule has 1 fully saturated rings. The molecule has 1 aromatic carbocycles. The molecule has 10 heteroatoms. The number of hydrogen-bond acceptors (Lipinski definition) is 7. The standard InChI is InChI=1S/C19H25N3O7/c1-19(2)17(25)22(18(26)21-19)10-16(24)29-11-15(23)20-8-7-12-5-6-13(27-3)14(9-12)28-4/h5-6,9H,7-8,10-11H2,1-4H3,(H,20,23)(H,21,26). The van der Waals surface area contributed by atoms with E-state index >= 15 is 0 Å². The maximum absolute atomic E-state index is 12.0. The predicted molar refractivity (Wildman–Crippen MR) is 102 cm³/mol. The van der Waals surface area contributed by atoms with Crippen LogP contribution in [0.3, 0.4) is 0 Å². The van der Waals surface area contributed by atoms with E-state index in [9.17, 15) is 19.2 Å². The highest BCUT2D eigenvalue weighted by molar-refractivity contribution is 6.08. The Hall–Kier alpha value is -3.30. The second-order valence-corrected chi connectivity index (χ2v) is 6.90. The largest absolute Gasteiger partial charge is 0.493 e. The molecule has 1 saturated heterocycles. The number of rotatable bonds is 9. The number of esters is 1. The van der Waals surface area contributed by atoms with Crippen molar-refractivity contribution in [1.29, 1.82) is 0 Å². The zero-order valence-corrected chi connectivity index (χ0v) is 16.9. The molecular formula is C19H25N3O7. The van der Waals surface area contributed by atoms with Crippen molar-refractivity contribution in [1.82, 2.24) is 15.5 Å². The van der Waals surface area contributed by atoms with E-state index in [1.807, 2.05) is 12.1 Å². The van der Waals surface area contributed by atoms with Crippen LogP contribution in [0.5, 0.6) is 11.5 Å². The second-order valence-electron chi connectivity index (χ2n) is 6.90. The summed E-state index contributed by atoms with van der Waals surface area (Å²) < 4.78 is 15.2. The van der Waals surface area contributed by atoms with E-state index in [4.69, 9.17) is 14.2 Å². The lowest BCUT2D eigenvalue weighted by molar-refractivity contribution is -0.151. The minimum atomic E-state index is -1.07. The van der Waals surface area contributed by atoms with Gasteiger partial charge in [-0.25, -0.2) is 4.79 Å². The van der Waals surface area contributed by atoms with Crippen LogP contribution < -0.4 is 20.1 Å². The van der Waals surface area contributed by atoms with Crippen molar-refractivity contribution in [2.24, 2.45) is 0 Å². The average Bonchev–Trinajstić information content (AvgIpc) is 2.87. The molecule has 0 unspecified atom stereocenters. The molecule has 158 valence electrons. The van der Waals surface area contributed by atoms with Crippen LogP contribution in [-0.2, 0) is 25.5 Å². The lowest BCUT2D eigenvalue weighted by Crippen LogP contribution is -2.41. The van der Waals surface area contributed by atoms with E-state index in [0.29, 0.717) is 24.5 Å². The summed E-state index contributed by atoms with van der Waals surface area (Å²) in [5.74, 6) is -0.661. The van der Waals surface area contributed by atoms with Gasteiger partial charge >= 0.3 is 12.0 Å². The summed E-state index contributed by atoms with van der Waals surface area (Å²) in [4.78, 5) is 48.2. The summed E-state index contributed by atoms with van der Waals surface area (Å²) in [6, 6.07) is 4.77. The van der Waals surface area contributed by atoms with Gasteiger partial charge in [0.15, 0.2) is 18.1 Å². The molecule has 2 N–H and O–H groups in total. The van der Waals surface area contributed by atoms with Crippen molar-refractivity contribution in [2.45, 2.75) is 25.8 Å². The molecule has 1 aromatic rings. The Labute approximate surface area is 168 Å². The minimum absolute atomic E-state index is 0.326. The van der Waals surface area contributed by atoms with Crippen molar-refractivity contribution in [3.05, 3.63) is 23.8 Å². The molecule has 29 heavy (non-hydrogen) atoms. The van der Waals surface area contributed by atoms with Crippen molar-refractivity contribution in [3.63, 3.8) is 0 Å². The quantitative estimate of drug-likeness (QED) is 0.444. The monoisotopic (exact) mass is 407 g/mol. The van der Waals surface area contributed by atoms with Gasteiger partial charge in [-0.3, -0.25) is 19.3 Å². The number of hydrogen-bond donors (Lipinski definition) is 2. The first-order chi connectivity index (χ1) is 13.7. The Morgan fingerprint density at radius 2 is 1.83 bits per heavy atom. The van der Waals surface area contributed by atoms with Crippen LogP contribution in [0, 0.1) is 0 Å². The smallest absolute Gasteiger partial charge is 0.326 e. The lowest BCUT2D eigenvalue weighted by Gasteiger charge is -2.15. The van der Waals surface area contributed by atoms with Gasteiger partial charge in [-0.2, -0.15) is 0 Å². The number of amides is 4. The minimum Gasteiger partial charge on any atom is -0.493 e. The maximum Gasteiger partial charge on any atom is 0.326 e. The van der Waals surface area contributed by atoms with Crippen LogP contribution in [0.2, 0.25) is 0 Å². The first kappa shape index (κ1) is 22.0. The van der Waals surface area contributed by atoms with Gasteiger partial charge in [0, 0.05) is 6.54 Å². The van der Waals surface area contributed by atoms with Gasteiger partial charge in [-0.15, -0.1) is 0 Å². The highest BCUT2D eigenvalue weighted by Gasteiger charge is 2.45. The Morgan fingerprint density at radius 1 is 1.14 bits per heavy atom. The molecule has 1 aliphatic rings. The number of carbonyl (C=O) groups excluding carboxylic acids is 4. The van der Waals surface area contributed by atoms with Crippen molar-refractivity contribution < 1.29 is 33.4 Å². The van der Waals surface area contributed by atoms with E-state index < -0.39 is 42.5 Å². The Balaban J connectivity index is 1.73. The topological polar surface area (TPSA) is 123 Å². The van der Waals surface area contributed by atoms with Crippen molar-refractivity contribution >= 4 is 23.8 Å². The highest BCUT2D eigenvalue weighted by atomic mass is 16.5. The summed E-state index contributed by atoms with van der Waals surface area (Å²) in [5.41, 5.74) is -0.139. The third-order valence-electron chi connectivity index (χ3n) is 4.28. The number of urea groups is 1. The molecule has 1 heterocycles. The number of ether oxygens (including phenoxy) is 3. The molecule has 0 spiro atoms. The van der Waals surface area contributed by atoms with Crippen LogP contribution in [-0.4, -0.2) is 68.2 Å². The summed E-state index contributed by atoms with van der Waals surface area (Å²) >= 11 is 0. The van der Waals surface area contributed by atoms with Crippen LogP contribution >= 0.6 is 0 Å². The molecule has 1 aliphatic heterocycles. The van der Waals surface area contributed by atoms with E-state index in [0.717, 1.165) is 10.5 Å². The normalized spacial score (nSPS) is 15.0. The molecule has 4 amide bonds. The number of nitrogens with one attached hydrogen (secondary N) is 2. The summed E-state index contributed by atoms with van der Waals surface area (Å²) in [6.07, 6.45) is 0.539. The Morgan fingerprint density at radius 3 is 2.41 bits per heavy atom. The fourth-order valence-corrected chi connectivity index (χ4v) is 2.72. The van der Waals surface area contributed by atoms with E-state index in [1.165, 1.54) is 21.0 Å². The predicted octanol–water partition coefficient (Wildman–Crippen LogP) is 0.236. The molecule has 2 rings (SSSR count). The number of nitrogens with zero attached hydrogens (tertiary/aromatic N) is 1. The zero-order chi connectivity index (χ0) is 21.6. The number of carbonyl (C=O) groups is 4. The fraction of sp³-hybridized carbons (Fsp3) is 0.474. The van der Waals surface area contributed by atoms with Gasteiger partial charge in [0.25, 0.3) is 11.8 Å². The van der Waals surface area contributed by atoms with E-state index in [-0.39, 0.29) is 0 Å². The molecule has 0 aromatic heterocycles. The third kappa shape index (κ3) is 5.59. The summed E-state index contributed by atoms with van der Waals surface area (Å²) in [6.45, 7) is 2.34. The molecule has 0 aliphatic carbocycles. The number of methoxy groups -OCH3 is 2. The van der Waals surface area contributed by atoms with E-state index in [1.54, 1.807) is 13.2 Å². The van der Waals surface area contributed by atoms with Crippen LogP contribution in [0.4, 0.5) is 4.79 Å².